The van der Waals surface area contributed by atoms with E-state index in [2.05, 4.69) is 25.4 Å². The van der Waals surface area contributed by atoms with Crippen LogP contribution in [0.2, 0.25) is 0 Å². The molecule has 0 bridgehead atoms. The maximum absolute atomic E-state index is 11.1. The number of ether oxygens (including phenoxy) is 2. The third-order valence-electron chi connectivity index (χ3n) is 2.90. The molecule has 2 aromatic heterocycles. The maximum atomic E-state index is 11.1. The summed E-state index contributed by atoms with van der Waals surface area (Å²) >= 11 is 5.90. The minimum absolute atomic E-state index is 0.361. The summed E-state index contributed by atoms with van der Waals surface area (Å²) in [6, 6.07) is 0. The number of hydrogen-bond acceptors (Lipinski definition) is 8. The zero-order valence-electron chi connectivity index (χ0n) is 13.1. The number of aryl methyl sites for hydroxylation is 1. The van der Waals surface area contributed by atoms with E-state index < -0.39 is 0 Å². The van der Waals surface area contributed by atoms with Gasteiger partial charge in [0.15, 0.2) is 0 Å². The molecule has 0 aliphatic heterocycles. The molecule has 9 heteroatoms. The number of halogens is 1. The quantitative estimate of drug-likeness (QED) is 0.718. The van der Waals surface area contributed by atoms with Gasteiger partial charge in [0, 0.05) is 0 Å². The van der Waals surface area contributed by atoms with Gasteiger partial charge in [-0.05, 0) is 46.3 Å². The first-order chi connectivity index (χ1) is 10.7. The van der Waals surface area contributed by atoms with E-state index in [-0.39, 0.29) is 11.9 Å². The van der Waals surface area contributed by atoms with E-state index in [0.29, 0.717) is 21.1 Å². The molecule has 0 aliphatic rings. The van der Waals surface area contributed by atoms with Crippen LogP contribution in [0, 0.1) is 13.8 Å². The second-order valence-electron chi connectivity index (χ2n) is 4.39. The molecule has 23 heavy (non-hydrogen) atoms. The van der Waals surface area contributed by atoms with Crippen molar-refractivity contribution >= 4 is 61.9 Å². The zero-order valence-corrected chi connectivity index (χ0v) is 16.3. The van der Waals surface area contributed by atoms with Crippen molar-refractivity contribution in [2.45, 2.75) is 13.8 Å². The molecule has 126 valence electrons. The number of esters is 2. The average Bonchev–Trinajstić information content (AvgIpc) is 3.01. The SMILES string of the molecule is COC(=O)c1sc(Br)c(C)c1N.COC(=O)c1scc(C)c1N. The zero-order chi connectivity index (χ0) is 17.7. The Morgan fingerprint density at radius 2 is 1.57 bits per heavy atom. The van der Waals surface area contributed by atoms with Gasteiger partial charge in [-0.2, -0.15) is 0 Å². The van der Waals surface area contributed by atoms with Gasteiger partial charge < -0.3 is 20.9 Å². The van der Waals surface area contributed by atoms with Gasteiger partial charge in [-0.3, -0.25) is 0 Å². The first-order valence-electron chi connectivity index (χ1n) is 6.29. The fourth-order valence-electron chi connectivity index (χ4n) is 1.45. The molecule has 0 radical (unpaired) electrons. The fourth-order valence-corrected chi connectivity index (χ4v) is 3.91. The van der Waals surface area contributed by atoms with Crippen molar-refractivity contribution in [1.29, 1.82) is 0 Å². The minimum Gasteiger partial charge on any atom is -0.465 e. The highest BCUT2D eigenvalue weighted by molar-refractivity contribution is 9.11. The molecule has 0 saturated heterocycles. The number of rotatable bonds is 2. The highest BCUT2D eigenvalue weighted by atomic mass is 79.9. The van der Waals surface area contributed by atoms with Crippen molar-refractivity contribution in [3.8, 4) is 0 Å². The molecule has 0 aromatic carbocycles. The molecule has 4 N–H and O–H groups in total. The maximum Gasteiger partial charge on any atom is 0.350 e. The highest BCUT2D eigenvalue weighted by Crippen LogP contribution is 2.34. The van der Waals surface area contributed by atoms with Crippen LogP contribution in [0.3, 0.4) is 0 Å². The van der Waals surface area contributed by atoms with E-state index in [1.165, 1.54) is 36.9 Å². The Labute approximate surface area is 150 Å². The molecule has 6 nitrogen and oxygen atoms in total. The number of nitrogens with two attached hydrogens (primary N) is 2. The summed E-state index contributed by atoms with van der Waals surface area (Å²) < 4.78 is 9.95. The lowest BCUT2D eigenvalue weighted by Crippen LogP contribution is -2.01. The van der Waals surface area contributed by atoms with E-state index in [4.69, 9.17) is 11.5 Å². The van der Waals surface area contributed by atoms with Gasteiger partial charge in [0.2, 0.25) is 0 Å². The van der Waals surface area contributed by atoms with Crippen LogP contribution in [-0.4, -0.2) is 26.2 Å². The van der Waals surface area contributed by atoms with Crippen LogP contribution in [0.25, 0.3) is 0 Å². The predicted molar refractivity (Wildman–Crippen MR) is 97.3 cm³/mol. The second-order valence-corrected chi connectivity index (χ2v) is 7.61. The summed E-state index contributed by atoms with van der Waals surface area (Å²) in [4.78, 5) is 23.0. The number of thiophene rings is 2. The lowest BCUT2D eigenvalue weighted by Gasteiger charge is -1.96. The van der Waals surface area contributed by atoms with Gasteiger partial charge in [-0.1, -0.05) is 0 Å². The van der Waals surface area contributed by atoms with Gasteiger partial charge in [0.05, 0.1) is 29.4 Å². The second kappa shape index (κ2) is 8.32. The summed E-state index contributed by atoms with van der Waals surface area (Å²) in [5, 5.41) is 1.83. The largest absolute Gasteiger partial charge is 0.465 e. The smallest absolute Gasteiger partial charge is 0.350 e. The standard InChI is InChI=1S/C7H8BrNO2S.C7H9NO2S/c1-3-4(9)5(7(10)11-2)12-6(3)8;1-4-3-11-6(5(4)8)7(9)10-2/h9H2,1-2H3;3H,8H2,1-2H3. The van der Waals surface area contributed by atoms with Crippen LogP contribution in [0.4, 0.5) is 11.4 Å². The Kier molecular flexibility index (Phi) is 7.04. The molecule has 0 amide bonds. The first-order valence-corrected chi connectivity index (χ1v) is 8.78. The normalized spacial score (nSPS) is 9.78. The number of methoxy groups -OCH3 is 2. The Morgan fingerprint density at radius 1 is 1.04 bits per heavy atom. The third-order valence-corrected chi connectivity index (χ3v) is 6.15. The summed E-state index contributed by atoms with van der Waals surface area (Å²) in [5.74, 6) is -0.744. The molecular weight excluding hydrogens is 404 g/mol. The fraction of sp³-hybridized carbons (Fsp3) is 0.286. The van der Waals surface area contributed by atoms with Crippen molar-refractivity contribution in [2.75, 3.05) is 25.7 Å². The summed E-state index contributed by atoms with van der Waals surface area (Å²) in [7, 11) is 2.68. The van der Waals surface area contributed by atoms with Crippen LogP contribution in [0.5, 0.6) is 0 Å². The van der Waals surface area contributed by atoms with Crippen molar-refractivity contribution in [1.82, 2.24) is 0 Å². The number of nitrogen functional groups attached to an aromatic ring is 2. The molecule has 0 saturated carbocycles. The lowest BCUT2D eigenvalue weighted by molar-refractivity contribution is 0.0598. The van der Waals surface area contributed by atoms with Crippen LogP contribution >= 0.6 is 38.6 Å². The Balaban J connectivity index is 0.000000231. The lowest BCUT2D eigenvalue weighted by atomic mass is 10.3. The Bertz CT molecular complexity index is 725. The van der Waals surface area contributed by atoms with E-state index in [1.807, 2.05) is 19.2 Å². The van der Waals surface area contributed by atoms with Crippen LogP contribution in [0.1, 0.15) is 30.5 Å². The van der Waals surface area contributed by atoms with Crippen molar-refractivity contribution in [3.63, 3.8) is 0 Å². The van der Waals surface area contributed by atoms with E-state index in [9.17, 15) is 9.59 Å². The Morgan fingerprint density at radius 3 is 1.91 bits per heavy atom. The third kappa shape index (κ3) is 4.46. The molecule has 0 fully saturated rings. The van der Waals surface area contributed by atoms with Crippen LogP contribution in [0.15, 0.2) is 9.17 Å². The summed E-state index contributed by atoms with van der Waals surface area (Å²) in [6.07, 6.45) is 0. The first kappa shape index (κ1) is 19.5. The molecule has 2 rings (SSSR count). The van der Waals surface area contributed by atoms with Crippen molar-refractivity contribution in [3.05, 3.63) is 30.0 Å². The molecular formula is C14H17BrN2O4S2. The van der Waals surface area contributed by atoms with Gasteiger partial charge in [-0.15, -0.1) is 22.7 Å². The van der Waals surface area contributed by atoms with E-state index in [0.717, 1.165) is 14.9 Å². The molecule has 2 aromatic rings. The van der Waals surface area contributed by atoms with Crippen LogP contribution in [-0.2, 0) is 9.47 Å². The number of anilines is 2. The predicted octanol–water partition coefficient (Wildman–Crippen LogP) is 3.61. The van der Waals surface area contributed by atoms with E-state index in [1.54, 1.807) is 0 Å². The molecule has 0 spiro atoms. The van der Waals surface area contributed by atoms with Crippen molar-refractivity contribution < 1.29 is 19.1 Å². The average molecular weight is 421 g/mol. The summed E-state index contributed by atoms with van der Waals surface area (Å²) in [5.41, 5.74) is 14.1. The topological polar surface area (TPSA) is 105 Å². The van der Waals surface area contributed by atoms with Crippen molar-refractivity contribution in [2.24, 2.45) is 0 Å². The van der Waals surface area contributed by atoms with Gasteiger partial charge >= 0.3 is 11.9 Å². The summed E-state index contributed by atoms with van der Waals surface area (Å²) in [6.45, 7) is 3.71. The van der Waals surface area contributed by atoms with E-state index >= 15 is 0 Å². The highest BCUT2D eigenvalue weighted by Gasteiger charge is 2.17. The van der Waals surface area contributed by atoms with Gasteiger partial charge in [0.1, 0.15) is 9.75 Å². The molecule has 0 atom stereocenters. The molecule has 2 heterocycles. The number of carbonyl (C=O) groups excluding carboxylic acids is 2. The number of hydrogen-bond donors (Lipinski definition) is 2. The monoisotopic (exact) mass is 420 g/mol. The Hall–Kier alpha value is -1.58. The van der Waals surface area contributed by atoms with Crippen LogP contribution < -0.4 is 11.5 Å². The number of carbonyl (C=O) groups is 2. The molecule has 0 aliphatic carbocycles. The minimum atomic E-state index is -0.383. The van der Waals surface area contributed by atoms with Gasteiger partial charge in [-0.25, -0.2) is 9.59 Å². The molecule has 0 unspecified atom stereocenters. The van der Waals surface area contributed by atoms with Gasteiger partial charge in [0.25, 0.3) is 0 Å².